The highest BCUT2D eigenvalue weighted by Gasteiger charge is 2.36. The molecule has 0 radical (unpaired) electrons. The van der Waals surface area contributed by atoms with Gasteiger partial charge in [0, 0.05) is 31.1 Å². The molecule has 0 amide bonds. The third kappa shape index (κ3) is 8.94. The van der Waals surface area contributed by atoms with Gasteiger partial charge in [-0.05, 0) is 117 Å². The predicted octanol–water partition coefficient (Wildman–Crippen LogP) is 7.95. The molecule has 256 valence electrons. The van der Waals surface area contributed by atoms with Crippen LogP contribution < -0.4 is 5.56 Å². The number of aliphatic carboxylic acids is 1. The second-order valence-corrected chi connectivity index (χ2v) is 13.1. The van der Waals surface area contributed by atoms with Gasteiger partial charge < -0.3 is 14.6 Å². The van der Waals surface area contributed by atoms with Crippen LogP contribution in [-0.2, 0) is 22.2 Å². The highest BCUT2D eigenvalue weighted by atomic mass is 19.4. The molecule has 0 aliphatic carbocycles. The normalized spacial score (nSPS) is 13.3. The first-order valence-electron chi connectivity index (χ1n) is 15.5. The second kappa shape index (κ2) is 14.9. The van der Waals surface area contributed by atoms with Gasteiger partial charge in [-0.1, -0.05) is 19.9 Å². The van der Waals surface area contributed by atoms with Gasteiger partial charge in [0.15, 0.2) is 5.78 Å². The molecular formula is C36H43F5N2O4. The van der Waals surface area contributed by atoms with Gasteiger partial charge in [0.2, 0.25) is 0 Å². The molecule has 0 saturated carbocycles. The van der Waals surface area contributed by atoms with E-state index in [1.165, 1.54) is 13.0 Å². The lowest BCUT2D eigenvalue weighted by atomic mass is 9.83. The molecule has 1 unspecified atom stereocenters. The van der Waals surface area contributed by atoms with E-state index in [2.05, 4.69) is 0 Å². The lowest BCUT2D eigenvalue weighted by Gasteiger charge is -2.26. The van der Waals surface area contributed by atoms with Crippen LogP contribution in [0.3, 0.4) is 0 Å². The molecule has 1 N–H and O–H groups in total. The summed E-state index contributed by atoms with van der Waals surface area (Å²) in [6.07, 6.45) is -4.79. The fourth-order valence-corrected chi connectivity index (χ4v) is 6.21. The topological polar surface area (TPSA) is 79.6 Å². The minimum absolute atomic E-state index is 0.0396. The summed E-state index contributed by atoms with van der Waals surface area (Å²) in [6.45, 7) is 10.3. The Bertz CT molecular complexity index is 1710. The Morgan fingerprint density at radius 3 is 2.09 bits per heavy atom. The Morgan fingerprint density at radius 2 is 1.53 bits per heavy atom. The number of nitrogens with zero attached hydrogens (tertiary/aromatic N) is 2. The fourth-order valence-electron chi connectivity index (χ4n) is 6.21. The molecule has 0 aliphatic heterocycles. The second-order valence-electron chi connectivity index (χ2n) is 13.1. The molecule has 0 fully saturated rings. The summed E-state index contributed by atoms with van der Waals surface area (Å²) in [6, 6.07) is 3.93. The van der Waals surface area contributed by atoms with E-state index in [-0.39, 0.29) is 42.0 Å². The molecule has 6 nitrogen and oxygen atoms in total. The molecule has 1 aromatic heterocycles. The number of pyridine rings is 1. The van der Waals surface area contributed by atoms with Gasteiger partial charge in [0.1, 0.15) is 11.6 Å². The van der Waals surface area contributed by atoms with Crippen LogP contribution in [0.1, 0.15) is 84.0 Å². The quantitative estimate of drug-likeness (QED) is 0.188. The average molecular weight is 663 g/mol. The number of carbonyl (C=O) groups is 2. The predicted molar refractivity (Wildman–Crippen MR) is 172 cm³/mol. The molecule has 11 heteroatoms. The van der Waals surface area contributed by atoms with Crippen molar-refractivity contribution in [2.45, 2.75) is 85.4 Å². The third-order valence-corrected chi connectivity index (χ3v) is 8.46. The van der Waals surface area contributed by atoms with Gasteiger partial charge in [0.25, 0.3) is 5.56 Å². The number of halogens is 5. The SMILES string of the molecule is Cc1cc(-c2c(C)cc(C)c(F)c2C)cc([C@H](CC(=O)O)CC(=O)C(CC(C)C)n2cc(CCN(C)C)c(C(F)(F)F)cc2=O)c1F. The standard InChI is InChI=1S/C36H43F5N2O4/c1-19(2)11-29(43-18-24(9-10-42(7)8)28(17-31(43)45)36(39,40)41)30(44)15-25(16-32(46)47)27-14-26(13-22(5)35(27)38)33-20(3)12-21(4)34(37)23(33)6/h12-14,17-19,25,29H,9-11,15-16H2,1-8H3,(H,46,47)/t25-,29?/m0/s1. The maximum atomic E-state index is 15.8. The Kier molecular flexibility index (Phi) is 11.9. The Morgan fingerprint density at radius 1 is 0.915 bits per heavy atom. The van der Waals surface area contributed by atoms with Crippen molar-refractivity contribution >= 4 is 11.8 Å². The fraction of sp³-hybridized carbons (Fsp3) is 0.472. The number of likely N-dealkylation sites (N-methyl/N-ethyl adjacent to an activating group) is 1. The monoisotopic (exact) mass is 662 g/mol. The van der Waals surface area contributed by atoms with Crippen molar-refractivity contribution < 1.29 is 36.6 Å². The van der Waals surface area contributed by atoms with E-state index >= 15 is 4.39 Å². The van der Waals surface area contributed by atoms with Crippen molar-refractivity contribution in [2.24, 2.45) is 5.92 Å². The number of rotatable bonds is 13. The Balaban J connectivity index is 2.17. The maximum absolute atomic E-state index is 15.8. The Hall–Kier alpha value is -3.86. The van der Waals surface area contributed by atoms with Crippen LogP contribution in [0.4, 0.5) is 22.0 Å². The molecule has 0 aliphatic rings. The first-order valence-corrected chi connectivity index (χ1v) is 15.5. The summed E-state index contributed by atoms with van der Waals surface area (Å²) in [4.78, 5) is 40.9. The van der Waals surface area contributed by atoms with E-state index < -0.39 is 65.5 Å². The van der Waals surface area contributed by atoms with Crippen LogP contribution in [-0.4, -0.2) is 47.0 Å². The van der Waals surface area contributed by atoms with Gasteiger partial charge in [-0.3, -0.25) is 14.4 Å². The summed E-state index contributed by atoms with van der Waals surface area (Å²) in [5.74, 6) is -4.39. The lowest BCUT2D eigenvalue weighted by molar-refractivity contribution is -0.139. The first-order chi connectivity index (χ1) is 21.7. The van der Waals surface area contributed by atoms with Crippen molar-refractivity contribution in [1.29, 1.82) is 0 Å². The molecular weight excluding hydrogens is 619 g/mol. The number of carboxylic acids is 1. The summed E-state index contributed by atoms with van der Waals surface area (Å²) >= 11 is 0. The molecule has 3 rings (SSSR count). The van der Waals surface area contributed by atoms with Crippen molar-refractivity contribution in [2.75, 3.05) is 20.6 Å². The average Bonchev–Trinajstić information content (AvgIpc) is 2.94. The molecule has 3 aromatic rings. The number of hydrogen-bond acceptors (Lipinski definition) is 4. The van der Waals surface area contributed by atoms with Crippen LogP contribution in [0.5, 0.6) is 0 Å². The van der Waals surface area contributed by atoms with E-state index in [0.29, 0.717) is 28.3 Å². The number of carbonyl (C=O) groups excluding carboxylic acids is 1. The number of aryl methyl sites for hydroxylation is 3. The van der Waals surface area contributed by atoms with Gasteiger partial charge in [-0.15, -0.1) is 0 Å². The van der Waals surface area contributed by atoms with Gasteiger partial charge in [0.05, 0.1) is 18.0 Å². The summed E-state index contributed by atoms with van der Waals surface area (Å²) in [5.41, 5.74) is 0.367. The highest BCUT2D eigenvalue weighted by Crippen LogP contribution is 2.38. The molecule has 0 spiro atoms. The van der Waals surface area contributed by atoms with Crippen molar-refractivity contribution in [3.8, 4) is 11.1 Å². The van der Waals surface area contributed by atoms with E-state index in [1.54, 1.807) is 65.7 Å². The molecule has 0 saturated heterocycles. The van der Waals surface area contributed by atoms with Crippen LogP contribution in [0.25, 0.3) is 11.1 Å². The molecule has 47 heavy (non-hydrogen) atoms. The first kappa shape index (κ1) is 37.6. The number of aromatic nitrogens is 1. The lowest BCUT2D eigenvalue weighted by Crippen LogP contribution is -2.33. The van der Waals surface area contributed by atoms with Crippen LogP contribution in [0.2, 0.25) is 0 Å². The van der Waals surface area contributed by atoms with E-state index in [0.717, 1.165) is 16.3 Å². The van der Waals surface area contributed by atoms with Crippen molar-refractivity contribution in [3.05, 3.63) is 91.4 Å². The minimum Gasteiger partial charge on any atom is -0.481 e. The number of carboxylic acid groups (broad SMARTS) is 1. The zero-order valence-electron chi connectivity index (χ0n) is 28.1. The van der Waals surface area contributed by atoms with Gasteiger partial charge >= 0.3 is 12.1 Å². The van der Waals surface area contributed by atoms with Crippen LogP contribution in [0.15, 0.2) is 35.3 Å². The Labute approximate surface area is 272 Å². The van der Waals surface area contributed by atoms with Gasteiger partial charge in [-0.2, -0.15) is 13.2 Å². The van der Waals surface area contributed by atoms with Crippen molar-refractivity contribution in [1.82, 2.24) is 9.47 Å². The largest absolute Gasteiger partial charge is 0.481 e. The summed E-state index contributed by atoms with van der Waals surface area (Å²) in [5, 5.41) is 9.80. The zero-order valence-corrected chi connectivity index (χ0v) is 28.1. The number of ketones is 1. The maximum Gasteiger partial charge on any atom is 0.416 e. The molecule has 0 bridgehead atoms. The number of hydrogen-bond donors (Lipinski definition) is 1. The van der Waals surface area contributed by atoms with Crippen LogP contribution >= 0.6 is 0 Å². The molecule has 1 heterocycles. The third-order valence-electron chi connectivity index (χ3n) is 8.46. The van der Waals surface area contributed by atoms with Crippen LogP contribution in [0, 0.1) is 45.2 Å². The minimum atomic E-state index is -4.79. The number of alkyl halides is 3. The van der Waals surface area contributed by atoms with E-state index in [4.69, 9.17) is 0 Å². The number of Topliss-reactive ketones (excluding diaryl/α,β-unsaturated/α-hetero) is 1. The van der Waals surface area contributed by atoms with Crippen molar-refractivity contribution in [3.63, 3.8) is 0 Å². The summed E-state index contributed by atoms with van der Waals surface area (Å²) < 4.78 is 73.5. The smallest absolute Gasteiger partial charge is 0.416 e. The number of benzene rings is 2. The zero-order chi connectivity index (χ0) is 35.5. The summed E-state index contributed by atoms with van der Waals surface area (Å²) in [7, 11) is 3.40. The van der Waals surface area contributed by atoms with E-state index in [9.17, 15) is 37.1 Å². The van der Waals surface area contributed by atoms with E-state index in [1.807, 2.05) is 0 Å². The molecule has 2 atom stereocenters. The van der Waals surface area contributed by atoms with Gasteiger partial charge in [-0.25, -0.2) is 8.78 Å². The highest BCUT2D eigenvalue weighted by molar-refractivity contribution is 5.84. The molecule has 2 aromatic carbocycles.